The van der Waals surface area contributed by atoms with Gasteiger partial charge >= 0.3 is 0 Å². The largest absolute Gasteiger partial charge is 0.507 e. The van der Waals surface area contributed by atoms with Gasteiger partial charge in [-0.2, -0.15) is 5.10 Å². The van der Waals surface area contributed by atoms with Crippen LogP contribution in [0.4, 0.5) is 0 Å². The Morgan fingerprint density at radius 1 is 1.17 bits per heavy atom. The maximum Gasteiger partial charge on any atom is 0.250 e. The number of halogens is 2. The number of rotatable bonds is 8. The van der Waals surface area contributed by atoms with Crippen LogP contribution in [0.15, 0.2) is 81.5 Å². The van der Waals surface area contributed by atoms with Crippen molar-refractivity contribution < 1.29 is 14.6 Å². The number of phenolic OH excluding ortho intramolecular Hbond substituents is 1. The van der Waals surface area contributed by atoms with Gasteiger partial charge in [-0.25, -0.2) is 5.43 Å². The first-order valence-electron chi connectivity index (χ1n) is 10.2. The van der Waals surface area contributed by atoms with Crippen LogP contribution < -0.4 is 10.2 Å². The van der Waals surface area contributed by atoms with Gasteiger partial charge in [0.1, 0.15) is 11.5 Å². The fourth-order valence-corrected chi connectivity index (χ4v) is 4.33. The first-order chi connectivity index (χ1) is 16.9. The molecule has 0 spiro atoms. The van der Waals surface area contributed by atoms with Crippen LogP contribution in [0.1, 0.15) is 5.56 Å². The number of hydrazone groups is 1. The number of aromatic hydroxyl groups is 1. The van der Waals surface area contributed by atoms with E-state index in [-0.39, 0.29) is 17.4 Å². The third kappa shape index (κ3) is 6.21. The molecule has 0 saturated heterocycles. The lowest BCUT2D eigenvalue weighted by Gasteiger charge is -2.11. The molecule has 0 atom stereocenters. The van der Waals surface area contributed by atoms with Crippen molar-refractivity contribution in [1.29, 1.82) is 0 Å². The van der Waals surface area contributed by atoms with Crippen molar-refractivity contribution in [2.45, 2.75) is 5.16 Å². The van der Waals surface area contributed by atoms with E-state index in [0.29, 0.717) is 21.6 Å². The number of carbonyl (C=O) groups is 1. The van der Waals surface area contributed by atoms with E-state index in [4.69, 9.17) is 16.3 Å². The summed E-state index contributed by atoms with van der Waals surface area (Å²) in [5.74, 6) is 1.12. The summed E-state index contributed by atoms with van der Waals surface area (Å²) in [5.41, 5.74) is 4.57. The van der Waals surface area contributed by atoms with Crippen molar-refractivity contribution in [2.75, 3.05) is 12.9 Å². The number of hydrogen-bond donors (Lipinski definition) is 2. The van der Waals surface area contributed by atoms with Gasteiger partial charge in [0.2, 0.25) is 0 Å². The first kappa shape index (κ1) is 24.8. The molecule has 178 valence electrons. The highest BCUT2D eigenvalue weighted by molar-refractivity contribution is 9.10. The first-order valence-corrected chi connectivity index (χ1v) is 12.4. The van der Waals surface area contributed by atoms with E-state index < -0.39 is 0 Å². The lowest BCUT2D eigenvalue weighted by atomic mass is 10.2. The van der Waals surface area contributed by atoms with E-state index in [1.54, 1.807) is 31.4 Å². The van der Waals surface area contributed by atoms with Crippen molar-refractivity contribution in [3.63, 3.8) is 0 Å². The van der Waals surface area contributed by atoms with Crippen LogP contribution in [-0.2, 0) is 4.79 Å². The van der Waals surface area contributed by atoms with Crippen molar-refractivity contribution in [2.24, 2.45) is 5.10 Å². The van der Waals surface area contributed by atoms with Crippen LogP contribution in [0, 0.1) is 0 Å². The Labute approximate surface area is 219 Å². The quantitative estimate of drug-likeness (QED) is 0.169. The van der Waals surface area contributed by atoms with Gasteiger partial charge in [0, 0.05) is 26.3 Å². The minimum Gasteiger partial charge on any atom is -0.507 e. The molecule has 0 saturated carbocycles. The number of ether oxygens (including phenoxy) is 1. The van der Waals surface area contributed by atoms with Crippen molar-refractivity contribution in [3.8, 4) is 28.6 Å². The average molecular weight is 573 g/mol. The second-order valence-electron chi connectivity index (χ2n) is 7.13. The monoisotopic (exact) mass is 571 g/mol. The number of benzene rings is 3. The van der Waals surface area contributed by atoms with Gasteiger partial charge in [0.15, 0.2) is 11.0 Å². The van der Waals surface area contributed by atoms with E-state index in [2.05, 4.69) is 36.7 Å². The van der Waals surface area contributed by atoms with Crippen molar-refractivity contribution in [3.05, 3.63) is 81.8 Å². The molecule has 0 aliphatic rings. The minimum atomic E-state index is -0.336. The van der Waals surface area contributed by atoms with E-state index in [1.807, 2.05) is 41.0 Å². The number of methoxy groups -OCH3 is 1. The Morgan fingerprint density at radius 2 is 1.91 bits per heavy atom. The number of nitrogens with one attached hydrogen (secondary N) is 1. The summed E-state index contributed by atoms with van der Waals surface area (Å²) in [7, 11) is 1.61. The van der Waals surface area contributed by atoms with Gasteiger partial charge in [-0.1, -0.05) is 39.3 Å². The molecule has 0 radical (unpaired) electrons. The van der Waals surface area contributed by atoms with Crippen LogP contribution in [0.3, 0.4) is 0 Å². The Hall–Kier alpha value is -3.34. The second kappa shape index (κ2) is 11.4. The van der Waals surface area contributed by atoms with Gasteiger partial charge in [0.25, 0.3) is 5.91 Å². The molecule has 0 unspecified atom stereocenters. The van der Waals surface area contributed by atoms with Crippen LogP contribution in [0.5, 0.6) is 11.5 Å². The summed E-state index contributed by atoms with van der Waals surface area (Å²) >= 11 is 10.6. The maximum absolute atomic E-state index is 12.4. The smallest absolute Gasteiger partial charge is 0.250 e. The zero-order valence-electron chi connectivity index (χ0n) is 18.4. The molecule has 3 aromatic carbocycles. The van der Waals surface area contributed by atoms with E-state index in [1.165, 1.54) is 24.0 Å². The molecule has 0 fully saturated rings. The summed E-state index contributed by atoms with van der Waals surface area (Å²) < 4.78 is 7.89. The molecule has 4 aromatic rings. The summed E-state index contributed by atoms with van der Waals surface area (Å²) in [5, 5.41) is 23.6. The van der Waals surface area contributed by atoms with Crippen molar-refractivity contribution in [1.82, 2.24) is 20.2 Å². The normalized spacial score (nSPS) is 11.1. The molecular formula is C24H19BrClN5O3S. The zero-order chi connectivity index (χ0) is 24.8. The standard InChI is InChI=1S/C24H19BrClN5O3S/c1-34-20-9-2-15(3-10-20)23-29-30-24(31(23)19-7-5-18(26)6-8-19)35-14-22(33)28-27-13-16-12-17(25)4-11-21(16)32/h2-13,32H,14H2,1H3,(H,28,33)/b27-13+. The van der Waals surface area contributed by atoms with Gasteiger partial charge in [-0.15, -0.1) is 10.2 Å². The molecule has 0 bridgehead atoms. The fraction of sp³-hybridized carbons (Fsp3) is 0.0833. The van der Waals surface area contributed by atoms with Crippen LogP contribution in [0.2, 0.25) is 5.02 Å². The second-order valence-corrected chi connectivity index (χ2v) is 9.43. The molecule has 1 heterocycles. The molecule has 8 nitrogen and oxygen atoms in total. The number of phenols is 1. The summed E-state index contributed by atoms with van der Waals surface area (Å²) in [4.78, 5) is 12.4. The third-order valence-corrected chi connectivity index (χ3v) is 6.46. The molecule has 0 aliphatic heterocycles. The highest BCUT2D eigenvalue weighted by Crippen LogP contribution is 2.29. The number of amides is 1. The summed E-state index contributed by atoms with van der Waals surface area (Å²) in [6.07, 6.45) is 1.38. The maximum atomic E-state index is 12.4. The third-order valence-electron chi connectivity index (χ3n) is 4.78. The zero-order valence-corrected chi connectivity index (χ0v) is 21.5. The van der Waals surface area contributed by atoms with Crippen molar-refractivity contribution >= 4 is 51.4 Å². The Balaban J connectivity index is 1.52. The van der Waals surface area contributed by atoms with Gasteiger partial charge < -0.3 is 9.84 Å². The van der Waals surface area contributed by atoms with E-state index in [0.717, 1.165) is 21.5 Å². The number of thioether (sulfide) groups is 1. The topological polar surface area (TPSA) is 102 Å². The number of hydrogen-bond acceptors (Lipinski definition) is 7. The van der Waals surface area contributed by atoms with Gasteiger partial charge in [0.05, 0.1) is 19.1 Å². The van der Waals surface area contributed by atoms with Crippen LogP contribution >= 0.6 is 39.3 Å². The summed E-state index contributed by atoms with van der Waals surface area (Å²) in [6, 6.07) is 19.7. The minimum absolute atomic E-state index is 0.0517. The lowest BCUT2D eigenvalue weighted by molar-refractivity contribution is -0.118. The van der Waals surface area contributed by atoms with Crippen LogP contribution in [-0.4, -0.2) is 44.9 Å². The number of nitrogens with zero attached hydrogens (tertiary/aromatic N) is 4. The molecule has 2 N–H and O–H groups in total. The Kier molecular flexibility index (Phi) is 8.06. The molecule has 35 heavy (non-hydrogen) atoms. The Morgan fingerprint density at radius 3 is 2.63 bits per heavy atom. The molecule has 0 aliphatic carbocycles. The molecule has 1 amide bonds. The van der Waals surface area contributed by atoms with Crippen LogP contribution in [0.25, 0.3) is 17.1 Å². The van der Waals surface area contributed by atoms with Gasteiger partial charge in [-0.3, -0.25) is 9.36 Å². The lowest BCUT2D eigenvalue weighted by Crippen LogP contribution is -2.20. The Bertz CT molecular complexity index is 1360. The van der Waals surface area contributed by atoms with Gasteiger partial charge in [-0.05, 0) is 66.7 Å². The SMILES string of the molecule is COc1ccc(-c2nnc(SCC(=O)N/N=C/c3cc(Br)ccc3O)n2-c2ccc(Cl)cc2)cc1. The molecule has 1 aromatic heterocycles. The number of carbonyl (C=O) groups excluding carboxylic acids is 1. The fourth-order valence-electron chi connectivity index (χ4n) is 3.08. The highest BCUT2D eigenvalue weighted by atomic mass is 79.9. The molecule has 11 heteroatoms. The average Bonchev–Trinajstić information content (AvgIpc) is 3.29. The van der Waals surface area contributed by atoms with E-state index in [9.17, 15) is 9.90 Å². The highest BCUT2D eigenvalue weighted by Gasteiger charge is 2.17. The predicted molar refractivity (Wildman–Crippen MR) is 141 cm³/mol. The van der Waals surface area contributed by atoms with E-state index >= 15 is 0 Å². The predicted octanol–water partition coefficient (Wildman–Crippen LogP) is 5.31. The molecule has 4 rings (SSSR count). The summed E-state index contributed by atoms with van der Waals surface area (Å²) in [6.45, 7) is 0. The number of aromatic nitrogens is 3. The molecular weight excluding hydrogens is 554 g/mol.